The van der Waals surface area contributed by atoms with Gasteiger partial charge in [0.05, 0.1) is 18.7 Å². The van der Waals surface area contributed by atoms with Crippen LogP contribution in [0.15, 0.2) is 29.2 Å². The van der Waals surface area contributed by atoms with Gasteiger partial charge in [-0.15, -0.1) is 5.10 Å². The highest BCUT2D eigenvalue weighted by Crippen LogP contribution is 1.98. The van der Waals surface area contributed by atoms with Gasteiger partial charge in [-0.2, -0.15) is 0 Å². The highest BCUT2D eigenvalue weighted by atomic mass is 16.4. The van der Waals surface area contributed by atoms with Gasteiger partial charge in [-0.3, -0.25) is 4.79 Å². The van der Waals surface area contributed by atoms with Crippen LogP contribution in [0.3, 0.4) is 0 Å². The summed E-state index contributed by atoms with van der Waals surface area (Å²) in [6.45, 7) is 0.258. The predicted octanol–water partition coefficient (Wildman–Crippen LogP) is -0.114. The molecule has 18 heavy (non-hydrogen) atoms. The van der Waals surface area contributed by atoms with E-state index in [4.69, 9.17) is 9.52 Å². The van der Waals surface area contributed by atoms with Crippen molar-refractivity contribution in [2.24, 2.45) is 0 Å². The van der Waals surface area contributed by atoms with Crippen LogP contribution in [0.5, 0.6) is 0 Å². The Morgan fingerprint density at radius 1 is 1.50 bits per heavy atom. The maximum Gasteiger partial charge on any atom is 0.358 e. The molecule has 2 rings (SSSR count). The van der Waals surface area contributed by atoms with Gasteiger partial charge in [0, 0.05) is 12.1 Å². The molecule has 0 fully saturated rings. The Hall–Kier alpha value is -2.64. The quantitative estimate of drug-likeness (QED) is 0.765. The molecular formula is C10H10N4O4. The fraction of sp³-hybridized carbons (Fsp3) is 0.200. The second kappa shape index (κ2) is 5.13. The van der Waals surface area contributed by atoms with E-state index >= 15 is 0 Å². The Morgan fingerprint density at radius 2 is 2.33 bits per heavy atom. The number of carbonyl (C=O) groups is 2. The van der Waals surface area contributed by atoms with Crippen LogP contribution < -0.4 is 5.32 Å². The largest absolute Gasteiger partial charge is 0.476 e. The Kier molecular flexibility index (Phi) is 3.37. The maximum absolute atomic E-state index is 11.5. The summed E-state index contributed by atoms with van der Waals surface area (Å²) in [5, 5.41) is 18.2. The van der Waals surface area contributed by atoms with Crippen molar-refractivity contribution in [3.05, 3.63) is 36.0 Å². The summed E-state index contributed by atoms with van der Waals surface area (Å²) in [5.74, 6) is -1.47. The highest BCUT2D eigenvalue weighted by Gasteiger charge is 2.10. The number of rotatable bonds is 5. The first-order chi connectivity index (χ1) is 8.65. The minimum atomic E-state index is -1.18. The standard InChI is InChI=1S/C10H10N4O4/c15-9(11-3-7-1-2-18-6-7)5-14-4-8(10(16)17)12-13-14/h1-2,4,6H,3,5H2,(H,11,15)(H,16,17). The molecule has 2 N–H and O–H groups in total. The van der Waals surface area contributed by atoms with E-state index < -0.39 is 5.97 Å². The van der Waals surface area contributed by atoms with Crippen molar-refractivity contribution < 1.29 is 19.1 Å². The van der Waals surface area contributed by atoms with Gasteiger partial charge >= 0.3 is 5.97 Å². The molecule has 0 aromatic carbocycles. The molecular weight excluding hydrogens is 240 g/mol. The lowest BCUT2D eigenvalue weighted by molar-refractivity contribution is -0.122. The van der Waals surface area contributed by atoms with E-state index in [0.29, 0.717) is 6.54 Å². The highest BCUT2D eigenvalue weighted by molar-refractivity contribution is 5.84. The van der Waals surface area contributed by atoms with Gasteiger partial charge in [-0.25, -0.2) is 9.48 Å². The SMILES string of the molecule is O=C(Cn1cc(C(=O)O)nn1)NCc1ccoc1. The van der Waals surface area contributed by atoms with Crippen LogP contribution in [0.2, 0.25) is 0 Å². The molecule has 0 radical (unpaired) electrons. The van der Waals surface area contributed by atoms with E-state index in [-0.39, 0.29) is 18.1 Å². The van der Waals surface area contributed by atoms with E-state index in [9.17, 15) is 9.59 Å². The van der Waals surface area contributed by atoms with E-state index in [2.05, 4.69) is 15.6 Å². The number of hydrogen-bond donors (Lipinski definition) is 2. The van der Waals surface area contributed by atoms with E-state index in [1.54, 1.807) is 6.07 Å². The van der Waals surface area contributed by atoms with Gasteiger partial charge in [-0.05, 0) is 6.07 Å². The normalized spacial score (nSPS) is 10.2. The number of nitrogens with zero attached hydrogens (tertiary/aromatic N) is 3. The molecule has 0 saturated carbocycles. The summed E-state index contributed by atoms with van der Waals surface area (Å²) in [6.07, 6.45) is 4.23. The van der Waals surface area contributed by atoms with Crippen LogP contribution in [-0.2, 0) is 17.9 Å². The number of carboxylic acid groups (broad SMARTS) is 1. The molecule has 0 aliphatic heterocycles. The number of nitrogens with one attached hydrogen (secondary N) is 1. The first-order valence-electron chi connectivity index (χ1n) is 5.06. The summed E-state index contributed by atoms with van der Waals surface area (Å²) in [7, 11) is 0. The average molecular weight is 250 g/mol. The van der Waals surface area contributed by atoms with Gasteiger partial charge in [0.1, 0.15) is 6.54 Å². The van der Waals surface area contributed by atoms with Crippen LogP contribution >= 0.6 is 0 Å². The number of hydrogen-bond acceptors (Lipinski definition) is 5. The van der Waals surface area contributed by atoms with Crippen molar-refractivity contribution in [1.82, 2.24) is 20.3 Å². The van der Waals surface area contributed by atoms with Gasteiger partial charge in [-0.1, -0.05) is 5.21 Å². The fourth-order valence-electron chi connectivity index (χ4n) is 1.27. The second-order valence-corrected chi connectivity index (χ2v) is 3.51. The summed E-state index contributed by atoms with van der Waals surface area (Å²) < 4.78 is 6.01. The van der Waals surface area contributed by atoms with E-state index in [1.165, 1.54) is 18.7 Å². The third-order valence-corrected chi connectivity index (χ3v) is 2.13. The molecule has 8 heteroatoms. The fourth-order valence-corrected chi connectivity index (χ4v) is 1.27. The van der Waals surface area contributed by atoms with Crippen LogP contribution in [-0.4, -0.2) is 32.0 Å². The third-order valence-electron chi connectivity index (χ3n) is 2.13. The number of carboxylic acids is 1. The number of amides is 1. The van der Waals surface area contributed by atoms with E-state index in [0.717, 1.165) is 10.2 Å². The number of aromatic nitrogens is 3. The van der Waals surface area contributed by atoms with Gasteiger partial charge in [0.25, 0.3) is 0 Å². The van der Waals surface area contributed by atoms with Crippen LogP contribution in [0.4, 0.5) is 0 Å². The number of carbonyl (C=O) groups excluding carboxylic acids is 1. The minimum absolute atomic E-state index is 0.0852. The van der Waals surface area contributed by atoms with Gasteiger partial charge in [0.15, 0.2) is 5.69 Å². The van der Waals surface area contributed by atoms with Crippen molar-refractivity contribution >= 4 is 11.9 Å². The molecule has 0 aliphatic carbocycles. The monoisotopic (exact) mass is 250 g/mol. The molecule has 0 spiro atoms. The summed E-state index contributed by atoms with van der Waals surface area (Å²) in [4.78, 5) is 22.1. The average Bonchev–Trinajstić information content (AvgIpc) is 2.96. The molecule has 2 aromatic heterocycles. The minimum Gasteiger partial charge on any atom is -0.476 e. The van der Waals surface area contributed by atoms with Crippen molar-refractivity contribution in [2.45, 2.75) is 13.1 Å². The van der Waals surface area contributed by atoms with Crippen LogP contribution in [0.1, 0.15) is 16.1 Å². The second-order valence-electron chi connectivity index (χ2n) is 3.51. The molecule has 0 aliphatic rings. The summed E-state index contributed by atoms with van der Waals surface area (Å²) in [6, 6.07) is 1.73. The van der Waals surface area contributed by atoms with Crippen molar-refractivity contribution in [1.29, 1.82) is 0 Å². The molecule has 0 bridgehead atoms. The smallest absolute Gasteiger partial charge is 0.358 e. The number of aromatic carboxylic acids is 1. The Balaban J connectivity index is 1.85. The predicted molar refractivity (Wildman–Crippen MR) is 57.5 cm³/mol. The topological polar surface area (TPSA) is 110 Å². The molecule has 2 heterocycles. The number of furan rings is 1. The van der Waals surface area contributed by atoms with Crippen molar-refractivity contribution in [3.63, 3.8) is 0 Å². The lowest BCUT2D eigenvalue weighted by Gasteiger charge is -2.02. The maximum atomic E-state index is 11.5. The molecule has 8 nitrogen and oxygen atoms in total. The zero-order valence-electron chi connectivity index (χ0n) is 9.24. The van der Waals surface area contributed by atoms with Crippen LogP contribution in [0.25, 0.3) is 0 Å². The molecule has 0 saturated heterocycles. The van der Waals surface area contributed by atoms with E-state index in [1.807, 2.05) is 0 Å². The first-order valence-corrected chi connectivity index (χ1v) is 5.06. The van der Waals surface area contributed by atoms with Gasteiger partial charge in [0.2, 0.25) is 5.91 Å². The van der Waals surface area contributed by atoms with Crippen molar-refractivity contribution in [3.8, 4) is 0 Å². The van der Waals surface area contributed by atoms with Crippen molar-refractivity contribution in [2.75, 3.05) is 0 Å². The Labute approximate surface area is 101 Å². The first kappa shape index (κ1) is 11.8. The summed E-state index contributed by atoms with van der Waals surface area (Å²) >= 11 is 0. The lowest BCUT2D eigenvalue weighted by atomic mass is 10.3. The molecule has 1 amide bonds. The third kappa shape index (κ3) is 2.94. The summed E-state index contributed by atoms with van der Waals surface area (Å²) in [5.41, 5.74) is 0.644. The lowest BCUT2D eigenvalue weighted by Crippen LogP contribution is -2.27. The Morgan fingerprint density at radius 3 is 2.94 bits per heavy atom. The molecule has 0 atom stereocenters. The van der Waals surface area contributed by atoms with Gasteiger partial charge < -0.3 is 14.8 Å². The molecule has 0 unspecified atom stereocenters. The molecule has 2 aromatic rings. The molecule has 94 valence electrons. The zero-order valence-corrected chi connectivity index (χ0v) is 9.24. The van der Waals surface area contributed by atoms with Crippen LogP contribution in [0, 0.1) is 0 Å². The Bertz CT molecular complexity index is 546. The zero-order chi connectivity index (χ0) is 13.0.